The van der Waals surface area contributed by atoms with E-state index in [0.717, 1.165) is 83.5 Å². The molecular formula is C50H90O6. The Morgan fingerprint density at radius 3 is 1.07 bits per heavy atom. The lowest BCUT2D eigenvalue weighted by molar-refractivity contribution is -0.167. The fourth-order valence-electron chi connectivity index (χ4n) is 6.85. The standard InChI is InChI=1S/C50H90O6/c1-4-7-10-13-16-19-22-24-26-28-31-34-37-40-43-49(52)55-46-47(45-54-48(51)42-39-36-33-30-27-21-18-15-12-9-6-3)56-50(53)44-41-38-35-32-29-25-23-20-17-14-11-8-5-2/h8,11,14,17,20,23,47H,4-7,9-10,12-13,15-16,18-19,21-22,24-46H2,1-3H3/b11-8-,17-14-,23-20-. The van der Waals surface area contributed by atoms with Gasteiger partial charge in [0.25, 0.3) is 0 Å². The van der Waals surface area contributed by atoms with Gasteiger partial charge in [-0.25, -0.2) is 0 Å². The van der Waals surface area contributed by atoms with Gasteiger partial charge in [0.1, 0.15) is 13.2 Å². The number of unbranched alkanes of at least 4 members (excludes halogenated alkanes) is 28. The summed E-state index contributed by atoms with van der Waals surface area (Å²) in [6.07, 6.45) is 51.2. The normalized spacial score (nSPS) is 12.3. The molecule has 0 saturated carbocycles. The summed E-state index contributed by atoms with van der Waals surface area (Å²) in [6.45, 7) is 6.49. The molecule has 0 saturated heterocycles. The minimum atomic E-state index is -0.776. The number of ether oxygens (including phenoxy) is 3. The fourth-order valence-corrected chi connectivity index (χ4v) is 6.85. The minimum Gasteiger partial charge on any atom is -0.462 e. The van der Waals surface area contributed by atoms with Gasteiger partial charge in [-0.2, -0.15) is 0 Å². The van der Waals surface area contributed by atoms with Crippen molar-refractivity contribution < 1.29 is 28.6 Å². The minimum absolute atomic E-state index is 0.0769. The number of hydrogen-bond acceptors (Lipinski definition) is 6. The second kappa shape index (κ2) is 45.3. The van der Waals surface area contributed by atoms with E-state index in [9.17, 15) is 14.4 Å². The Morgan fingerprint density at radius 2 is 0.696 bits per heavy atom. The van der Waals surface area contributed by atoms with Gasteiger partial charge in [-0.05, 0) is 38.5 Å². The first kappa shape index (κ1) is 53.6. The van der Waals surface area contributed by atoms with Crippen LogP contribution in [-0.2, 0) is 28.6 Å². The summed E-state index contributed by atoms with van der Waals surface area (Å²) in [7, 11) is 0. The number of carbonyl (C=O) groups is 3. The van der Waals surface area contributed by atoms with Crippen molar-refractivity contribution in [2.45, 2.75) is 252 Å². The number of hydrogen-bond donors (Lipinski definition) is 0. The monoisotopic (exact) mass is 787 g/mol. The SMILES string of the molecule is CC\C=C/C=C\C=C/CCCCCCCC(=O)OC(COC(=O)CCCCCCCCCCCCC)COC(=O)CCCCCCCCCCCCCCCC. The van der Waals surface area contributed by atoms with Gasteiger partial charge < -0.3 is 14.2 Å². The Bertz CT molecular complexity index is 953. The van der Waals surface area contributed by atoms with E-state index >= 15 is 0 Å². The van der Waals surface area contributed by atoms with Crippen molar-refractivity contribution in [3.05, 3.63) is 36.5 Å². The highest BCUT2D eigenvalue weighted by molar-refractivity contribution is 5.71. The van der Waals surface area contributed by atoms with Gasteiger partial charge in [0, 0.05) is 19.3 Å². The summed E-state index contributed by atoms with van der Waals surface area (Å²) in [4.78, 5) is 37.8. The Balaban J connectivity index is 4.37. The third kappa shape index (κ3) is 42.8. The molecular weight excluding hydrogens is 697 g/mol. The molecule has 1 atom stereocenters. The maximum atomic E-state index is 12.7. The first-order chi connectivity index (χ1) is 27.5. The van der Waals surface area contributed by atoms with Crippen molar-refractivity contribution in [3.63, 3.8) is 0 Å². The zero-order valence-corrected chi connectivity index (χ0v) is 37.2. The molecule has 0 fully saturated rings. The first-order valence-electron chi connectivity index (χ1n) is 24.0. The molecule has 0 aliphatic carbocycles. The van der Waals surface area contributed by atoms with E-state index in [1.54, 1.807) is 0 Å². The zero-order chi connectivity index (χ0) is 40.8. The summed E-state index contributed by atoms with van der Waals surface area (Å²) in [5.41, 5.74) is 0. The molecule has 0 N–H and O–H groups in total. The summed E-state index contributed by atoms with van der Waals surface area (Å²) in [5.74, 6) is -0.891. The van der Waals surface area contributed by atoms with Crippen molar-refractivity contribution in [2.24, 2.45) is 0 Å². The Hall–Kier alpha value is -2.37. The summed E-state index contributed by atoms with van der Waals surface area (Å²) in [5, 5.41) is 0. The van der Waals surface area contributed by atoms with Gasteiger partial charge >= 0.3 is 17.9 Å². The Morgan fingerprint density at radius 1 is 0.375 bits per heavy atom. The summed E-state index contributed by atoms with van der Waals surface area (Å²) >= 11 is 0. The molecule has 326 valence electrons. The lowest BCUT2D eigenvalue weighted by Crippen LogP contribution is -2.30. The molecule has 0 aromatic rings. The Kier molecular flexibility index (Phi) is 43.4. The highest BCUT2D eigenvalue weighted by atomic mass is 16.6. The molecule has 0 bridgehead atoms. The highest BCUT2D eigenvalue weighted by Gasteiger charge is 2.19. The van der Waals surface area contributed by atoms with E-state index in [2.05, 4.69) is 57.2 Å². The maximum absolute atomic E-state index is 12.7. The van der Waals surface area contributed by atoms with Crippen LogP contribution in [0.5, 0.6) is 0 Å². The van der Waals surface area contributed by atoms with Gasteiger partial charge in [-0.1, -0.05) is 224 Å². The van der Waals surface area contributed by atoms with Crippen LogP contribution in [0, 0.1) is 0 Å². The average Bonchev–Trinajstić information content (AvgIpc) is 3.19. The average molecular weight is 787 g/mol. The van der Waals surface area contributed by atoms with E-state index in [1.165, 1.54) is 122 Å². The van der Waals surface area contributed by atoms with Crippen LogP contribution in [0.15, 0.2) is 36.5 Å². The van der Waals surface area contributed by atoms with E-state index < -0.39 is 6.10 Å². The zero-order valence-electron chi connectivity index (χ0n) is 37.2. The smallest absolute Gasteiger partial charge is 0.306 e. The van der Waals surface area contributed by atoms with Crippen LogP contribution in [-0.4, -0.2) is 37.2 Å². The van der Waals surface area contributed by atoms with Crippen molar-refractivity contribution >= 4 is 17.9 Å². The van der Waals surface area contributed by atoms with Crippen LogP contribution in [0.4, 0.5) is 0 Å². The third-order valence-corrected chi connectivity index (χ3v) is 10.5. The number of esters is 3. The molecule has 56 heavy (non-hydrogen) atoms. The molecule has 6 heteroatoms. The maximum Gasteiger partial charge on any atom is 0.306 e. The second-order valence-corrected chi connectivity index (χ2v) is 16.1. The molecule has 0 aliphatic heterocycles. The molecule has 0 aliphatic rings. The van der Waals surface area contributed by atoms with E-state index in [4.69, 9.17) is 14.2 Å². The second-order valence-electron chi connectivity index (χ2n) is 16.1. The summed E-state index contributed by atoms with van der Waals surface area (Å²) < 4.78 is 16.7. The molecule has 0 spiro atoms. The van der Waals surface area contributed by atoms with Crippen molar-refractivity contribution in [3.8, 4) is 0 Å². The van der Waals surface area contributed by atoms with Crippen LogP contribution in [0.1, 0.15) is 245 Å². The van der Waals surface area contributed by atoms with Crippen molar-refractivity contribution in [1.29, 1.82) is 0 Å². The number of allylic oxidation sites excluding steroid dienone is 6. The fraction of sp³-hybridized carbons (Fsp3) is 0.820. The van der Waals surface area contributed by atoms with Crippen LogP contribution in [0.25, 0.3) is 0 Å². The van der Waals surface area contributed by atoms with Gasteiger partial charge in [0.15, 0.2) is 6.10 Å². The predicted molar refractivity (Wildman–Crippen MR) is 238 cm³/mol. The lowest BCUT2D eigenvalue weighted by atomic mass is 10.0. The van der Waals surface area contributed by atoms with Crippen LogP contribution in [0.3, 0.4) is 0 Å². The molecule has 1 unspecified atom stereocenters. The molecule has 6 nitrogen and oxygen atoms in total. The molecule has 0 radical (unpaired) electrons. The largest absolute Gasteiger partial charge is 0.462 e. The molecule has 0 aromatic carbocycles. The van der Waals surface area contributed by atoms with Gasteiger partial charge in [-0.3, -0.25) is 14.4 Å². The van der Waals surface area contributed by atoms with Gasteiger partial charge in [-0.15, -0.1) is 0 Å². The Labute approximate surface area is 346 Å². The first-order valence-corrected chi connectivity index (χ1v) is 24.0. The van der Waals surface area contributed by atoms with Crippen LogP contribution < -0.4 is 0 Å². The molecule has 0 heterocycles. The highest BCUT2D eigenvalue weighted by Crippen LogP contribution is 2.15. The number of carbonyl (C=O) groups excluding carboxylic acids is 3. The third-order valence-electron chi connectivity index (χ3n) is 10.5. The van der Waals surface area contributed by atoms with Gasteiger partial charge in [0.2, 0.25) is 0 Å². The topological polar surface area (TPSA) is 78.9 Å². The van der Waals surface area contributed by atoms with E-state index in [-0.39, 0.29) is 31.1 Å². The van der Waals surface area contributed by atoms with Gasteiger partial charge in [0.05, 0.1) is 0 Å². The molecule has 0 rings (SSSR count). The van der Waals surface area contributed by atoms with Crippen molar-refractivity contribution in [2.75, 3.05) is 13.2 Å². The van der Waals surface area contributed by atoms with Crippen LogP contribution in [0.2, 0.25) is 0 Å². The van der Waals surface area contributed by atoms with Crippen LogP contribution >= 0.6 is 0 Å². The van der Waals surface area contributed by atoms with E-state index in [0.29, 0.717) is 19.3 Å². The van der Waals surface area contributed by atoms with Crippen molar-refractivity contribution in [1.82, 2.24) is 0 Å². The molecule has 0 amide bonds. The molecule has 0 aromatic heterocycles. The quantitative estimate of drug-likeness (QED) is 0.0265. The number of rotatable bonds is 43. The summed E-state index contributed by atoms with van der Waals surface area (Å²) in [6, 6.07) is 0. The van der Waals surface area contributed by atoms with E-state index in [1.807, 2.05) is 0 Å². The lowest BCUT2D eigenvalue weighted by Gasteiger charge is -2.18. The predicted octanol–water partition coefficient (Wildman–Crippen LogP) is 15.4.